The largest absolute Gasteiger partial charge is 0.289 e. The van der Waals surface area contributed by atoms with Crippen molar-refractivity contribution < 1.29 is 14.0 Å². The highest BCUT2D eigenvalue weighted by Gasteiger charge is 2.29. The molecular formula is C21H11FN2O2. The van der Waals surface area contributed by atoms with Crippen LogP contribution in [0.5, 0.6) is 0 Å². The van der Waals surface area contributed by atoms with E-state index in [1.54, 1.807) is 24.3 Å². The average Bonchev–Trinajstić information content (AvgIpc) is 3.07. The van der Waals surface area contributed by atoms with Crippen LogP contribution in [0.4, 0.5) is 4.39 Å². The van der Waals surface area contributed by atoms with Gasteiger partial charge in [-0.15, -0.1) is 0 Å². The van der Waals surface area contributed by atoms with Gasteiger partial charge in [0, 0.05) is 27.6 Å². The Morgan fingerprint density at radius 2 is 1.54 bits per heavy atom. The van der Waals surface area contributed by atoms with Crippen molar-refractivity contribution in [3.05, 3.63) is 89.2 Å². The van der Waals surface area contributed by atoms with Gasteiger partial charge in [0.1, 0.15) is 11.5 Å². The number of fused-ring (bicyclic) bond motifs is 2. The zero-order valence-electron chi connectivity index (χ0n) is 13.4. The number of aromatic nitrogens is 2. The van der Waals surface area contributed by atoms with Gasteiger partial charge in [0.15, 0.2) is 5.78 Å². The molecule has 0 fully saturated rings. The van der Waals surface area contributed by atoms with Gasteiger partial charge >= 0.3 is 0 Å². The van der Waals surface area contributed by atoms with Crippen molar-refractivity contribution in [2.24, 2.45) is 0 Å². The molecule has 5 rings (SSSR count). The first-order valence-corrected chi connectivity index (χ1v) is 8.11. The van der Waals surface area contributed by atoms with Gasteiger partial charge in [0.05, 0.1) is 5.52 Å². The molecule has 0 radical (unpaired) electrons. The fourth-order valence-corrected chi connectivity index (χ4v) is 3.45. The van der Waals surface area contributed by atoms with Gasteiger partial charge in [-0.1, -0.05) is 36.4 Å². The molecule has 4 aromatic rings. The molecule has 26 heavy (non-hydrogen) atoms. The molecule has 1 aliphatic rings. The van der Waals surface area contributed by atoms with Crippen LogP contribution in [0.3, 0.4) is 0 Å². The number of carbonyl (C=O) groups is 2. The highest BCUT2D eigenvalue weighted by atomic mass is 19.1. The van der Waals surface area contributed by atoms with E-state index in [1.807, 2.05) is 18.2 Å². The molecular weight excluding hydrogens is 331 g/mol. The molecule has 0 spiro atoms. The summed E-state index contributed by atoms with van der Waals surface area (Å²) in [6.07, 6.45) is 0. The summed E-state index contributed by atoms with van der Waals surface area (Å²) in [5, 5.41) is 5.19. The standard InChI is InChI=1S/C21H11FN2O2/c22-13-10-8-12(9-11-13)21(26)24-17-7-3-6-16-18(17)19(23-24)14-4-1-2-5-15(14)20(16)25/h1-11H. The normalized spacial score (nSPS) is 12.3. The molecule has 0 saturated heterocycles. The van der Waals surface area contributed by atoms with Crippen LogP contribution in [0, 0.1) is 5.82 Å². The molecule has 3 aromatic carbocycles. The minimum Gasteiger partial charge on any atom is -0.289 e. The Morgan fingerprint density at radius 1 is 0.846 bits per heavy atom. The van der Waals surface area contributed by atoms with Gasteiger partial charge in [-0.05, 0) is 30.3 Å². The first-order chi connectivity index (χ1) is 12.6. The lowest BCUT2D eigenvalue weighted by Crippen LogP contribution is -2.13. The molecule has 0 bridgehead atoms. The minimum absolute atomic E-state index is 0.0764. The van der Waals surface area contributed by atoms with Crippen molar-refractivity contribution in [1.29, 1.82) is 0 Å². The second-order valence-corrected chi connectivity index (χ2v) is 6.15. The first kappa shape index (κ1) is 14.7. The Morgan fingerprint density at radius 3 is 2.31 bits per heavy atom. The molecule has 5 heteroatoms. The number of hydrogen-bond acceptors (Lipinski definition) is 3. The Hall–Kier alpha value is -3.60. The lowest BCUT2D eigenvalue weighted by atomic mass is 9.87. The molecule has 0 N–H and O–H groups in total. The Kier molecular flexibility index (Phi) is 2.94. The topological polar surface area (TPSA) is 52.0 Å². The predicted octanol–water partition coefficient (Wildman–Crippen LogP) is 4.08. The number of rotatable bonds is 1. The average molecular weight is 342 g/mol. The molecule has 4 nitrogen and oxygen atoms in total. The lowest BCUT2D eigenvalue weighted by molar-refractivity contribution is 0.0950. The van der Waals surface area contributed by atoms with Gasteiger partial charge in [-0.3, -0.25) is 9.59 Å². The molecule has 1 aromatic heterocycles. The molecule has 124 valence electrons. The first-order valence-electron chi connectivity index (χ1n) is 8.11. The van der Waals surface area contributed by atoms with E-state index in [4.69, 9.17) is 0 Å². The highest BCUT2D eigenvalue weighted by molar-refractivity contribution is 6.25. The fraction of sp³-hybridized carbons (Fsp3) is 0. The molecule has 0 amide bonds. The van der Waals surface area contributed by atoms with Gasteiger partial charge in [0.2, 0.25) is 0 Å². The number of halogens is 1. The SMILES string of the molecule is O=C1c2ccccc2-c2nn(C(=O)c3ccc(F)cc3)c3cccc1c23. The molecule has 0 unspecified atom stereocenters. The van der Waals surface area contributed by atoms with Crippen LogP contribution in [-0.4, -0.2) is 21.5 Å². The van der Waals surface area contributed by atoms with E-state index >= 15 is 0 Å². The van der Waals surface area contributed by atoms with Gasteiger partial charge in [-0.25, -0.2) is 4.39 Å². The molecule has 0 aliphatic heterocycles. The Bertz CT molecular complexity index is 1220. The highest BCUT2D eigenvalue weighted by Crippen LogP contribution is 2.38. The van der Waals surface area contributed by atoms with Crippen molar-refractivity contribution in [3.8, 4) is 11.3 Å². The number of ketones is 1. The van der Waals surface area contributed by atoms with Crippen molar-refractivity contribution in [2.45, 2.75) is 0 Å². The van der Waals surface area contributed by atoms with Crippen molar-refractivity contribution in [1.82, 2.24) is 9.78 Å². The second-order valence-electron chi connectivity index (χ2n) is 6.15. The summed E-state index contributed by atoms with van der Waals surface area (Å²) in [5.41, 5.74) is 3.33. The van der Waals surface area contributed by atoms with E-state index in [9.17, 15) is 14.0 Å². The predicted molar refractivity (Wildman–Crippen MR) is 94.7 cm³/mol. The lowest BCUT2D eigenvalue weighted by Gasteiger charge is -2.13. The zero-order chi connectivity index (χ0) is 17.8. The summed E-state index contributed by atoms with van der Waals surface area (Å²) in [7, 11) is 0. The van der Waals surface area contributed by atoms with Crippen LogP contribution >= 0.6 is 0 Å². The van der Waals surface area contributed by atoms with Crippen LogP contribution < -0.4 is 0 Å². The van der Waals surface area contributed by atoms with Gasteiger partial charge in [-0.2, -0.15) is 9.78 Å². The maximum Gasteiger partial charge on any atom is 0.278 e. The van der Waals surface area contributed by atoms with Crippen molar-refractivity contribution >= 4 is 22.6 Å². The number of benzene rings is 3. The smallest absolute Gasteiger partial charge is 0.278 e. The molecule has 1 aliphatic carbocycles. The number of carbonyl (C=O) groups excluding carboxylic acids is 2. The van der Waals surface area contributed by atoms with E-state index in [1.165, 1.54) is 28.9 Å². The maximum absolute atomic E-state index is 13.2. The summed E-state index contributed by atoms with van der Waals surface area (Å²) >= 11 is 0. The van der Waals surface area contributed by atoms with Crippen LogP contribution in [0.2, 0.25) is 0 Å². The quantitative estimate of drug-likeness (QED) is 0.461. The van der Waals surface area contributed by atoms with E-state index in [2.05, 4.69) is 5.10 Å². The maximum atomic E-state index is 13.2. The molecule has 0 saturated carbocycles. The van der Waals surface area contributed by atoms with E-state index in [0.717, 1.165) is 0 Å². The minimum atomic E-state index is -0.410. The molecule has 1 heterocycles. The van der Waals surface area contributed by atoms with Crippen molar-refractivity contribution in [3.63, 3.8) is 0 Å². The van der Waals surface area contributed by atoms with E-state index in [0.29, 0.717) is 38.9 Å². The third-order valence-electron chi connectivity index (χ3n) is 4.66. The molecule has 0 atom stereocenters. The Labute approximate surface area is 147 Å². The monoisotopic (exact) mass is 342 g/mol. The van der Waals surface area contributed by atoms with Crippen LogP contribution in [0.1, 0.15) is 26.3 Å². The third-order valence-corrected chi connectivity index (χ3v) is 4.66. The summed E-state index contributed by atoms with van der Waals surface area (Å²) in [6.45, 7) is 0. The van der Waals surface area contributed by atoms with E-state index < -0.39 is 5.82 Å². The summed E-state index contributed by atoms with van der Waals surface area (Å²) in [6, 6.07) is 17.8. The van der Waals surface area contributed by atoms with Crippen LogP contribution in [0.15, 0.2) is 66.7 Å². The van der Waals surface area contributed by atoms with Gasteiger partial charge in [0.25, 0.3) is 5.91 Å². The van der Waals surface area contributed by atoms with Crippen molar-refractivity contribution in [2.75, 3.05) is 0 Å². The Balaban J connectivity index is 1.80. The third kappa shape index (κ3) is 1.91. The summed E-state index contributed by atoms with van der Waals surface area (Å²) < 4.78 is 14.5. The summed E-state index contributed by atoms with van der Waals surface area (Å²) in [4.78, 5) is 25.7. The van der Waals surface area contributed by atoms with Crippen LogP contribution in [0.25, 0.3) is 22.2 Å². The number of hydrogen-bond donors (Lipinski definition) is 0. The summed E-state index contributed by atoms with van der Waals surface area (Å²) in [5.74, 6) is -0.856. The van der Waals surface area contributed by atoms with E-state index in [-0.39, 0.29) is 11.7 Å². The fourth-order valence-electron chi connectivity index (χ4n) is 3.45. The van der Waals surface area contributed by atoms with Gasteiger partial charge < -0.3 is 0 Å². The zero-order valence-corrected chi connectivity index (χ0v) is 13.4. The second kappa shape index (κ2) is 5.20. The van der Waals surface area contributed by atoms with Crippen LogP contribution in [-0.2, 0) is 0 Å². The number of nitrogens with zero attached hydrogens (tertiary/aromatic N) is 2.